The molecule has 0 radical (unpaired) electrons. The molecule has 1 atom stereocenters. The summed E-state index contributed by atoms with van der Waals surface area (Å²) in [5, 5.41) is 11.6. The van der Waals surface area contributed by atoms with Crippen LogP contribution in [0.25, 0.3) is 0 Å². The van der Waals surface area contributed by atoms with Crippen LogP contribution in [0.2, 0.25) is 0 Å². The van der Waals surface area contributed by atoms with Crippen LogP contribution in [0.3, 0.4) is 0 Å². The molecule has 1 aromatic rings. The summed E-state index contributed by atoms with van der Waals surface area (Å²) < 4.78 is 5.82. The summed E-state index contributed by atoms with van der Waals surface area (Å²) in [4.78, 5) is 22.8. The van der Waals surface area contributed by atoms with Gasteiger partial charge in [-0.1, -0.05) is 0 Å². The van der Waals surface area contributed by atoms with E-state index < -0.39 is 5.97 Å². The van der Waals surface area contributed by atoms with Gasteiger partial charge in [-0.2, -0.15) is 0 Å². The number of halogens is 1. The molecule has 2 rings (SSSR count). The van der Waals surface area contributed by atoms with E-state index in [0.29, 0.717) is 23.4 Å². The lowest BCUT2D eigenvalue weighted by Gasteiger charge is -2.21. The zero-order valence-electron chi connectivity index (χ0n) is 10.2. The standard InChI is InChI=1S/C13H14BrNO4/c14-10-6-8(13(17)18)3-4-11(10)15-12(16)9-2-1-5-19-7-9/h3-4,6,9H,1-2,5,7H2,(H,15,16)(H,17,18). The van der Waals surface area contributed by atoms with Gasteiger partial charge in [0.25, 0.3) is 0 Å². The normalized spacial score (nSPS) is 18.9. The van der Waals surface area contributed by atoms with E-state index >= 15 is 0 Å². The van der Waals surface area contributed by atoms with Gasteiger partial charge in [0.15, 0.2) is 0 Å². The van der Waals surface area contributed by atoms with Gasteiger partial charge in [0.2, 0.25) is 5.91 Å². The van der Waals surface area contributed by atoms with E-state index in [9.17, 15) is 9.59 Å². The number of hydrogen-bond donors (Lipinski definition) is 2. The molecule has 1 fully saturated rings. The van der Waals surface area contributed by atoms with Crippen LogP contribution in [0, 0.1) is 5.92 Å². The maximum absolute atomic E-state index is 12.0. The van der Waals surface area contributed by atoms with E-state index in [2.05, 4.69) is 21.2 Å². The fourth-order valence-corrected chi connectivity index (χ4v) is 2.41. The average molecular weight is 328 g/mol. The van der Waals surface area contributed by atoms with Crippen molar-refractivity contribution in [3.8, 4) is 0 Å². The van der Waals surface area contributed by atoms with Crippen molar-refractivity contribution in [2.75, 3.05) is 18.5 Å². The van der Waals surface area contributed by atoms with Crippen molar-refractivity contribution in [2.45, 2.75) is 12.8 Å². The number of carboxylic acid groups (broad SMARTS) is 1. The Labute approximate surface area is 119 Å². The summed E-state index contributed by atoms with van der Waals surface area (Å²) in [6.45, 7) is 1.15. The number of aromatic carboxylic acids is 1. The minimum absolute atomic E-state index is 0.0940. The molecule has 1 aromatic carbocycles. The van der Waals surface area contributed by atoms with E-state index in [0.717, 1.165) is 12.8 Å². The SMILES string of the molecule is O=C(O)c1ccc(NC(=O)C2CCCOC2)c(Br)c1. The number of benzene rings is 1. The Bertz CT molecular complexity index is 497. The fraction of sp³-hybridized carbons (Fsp3) is 0.385. The molecule has 1 unspecified atom stereocenters. The second-order valence-corrected chi connectivity index (χ2v) is 5.26. The van der Waals surface area contributed by atoms with Crippen molar-refractivity contribution in [3.05, 3.63) is 28.2 Å². The Balaban J connectivity index is 2.06. The maximum Gasteiger partial charge on any atom is 0.335 e. The smallest absolute Gasteiger partial charge is 0.335 e. The zero-order valence-corrected chi connectivity index (χ0v) is 11.8. The molecule has 1 aliphatic rings. The highest BCUT2D eigenvalue weighted by Crippen LogP contribution is 2.25. The molecule has 0 aromatic heterocycles. The van der Waals surface area contributed by atoms with Gasteiger partial charge < -0.3 is 15.2 Å². The molecule has 19 heavy (non-hydrogen) atoms. The molecule has 2 N–H and O–H groups in total. The molecule has 6 heteroatoms. The zero-order chi connectivity index (χ0) is 13.8. The number of hydrogen-bond acceptors (Lipinski definition) is 3. The fourth-order valence-electron chi connectivity index (χ4n) is 1.93. The molecule has 102 valence electrons. The summed E-state index contributed by atoms with van der Waals surface area (Å²) in [5.41, 5.74) is 0.742. The molecule has 1 aliphatic heterocycles. The summed E-state index contributed by atoms with van der Waals surface area (Å²) in [6, 6.07) is 4.50. The quantitative estimate of drug-likeness (QED) is 0.894. The van der Waals surface area contributed by atoms with Crippen LogP contribution in [0.5, 0.6) is 0 Å². The van der Waals surface area contributed by atoms with E-state index in [1.54, 1.807) is 6.07 Å². The Hall–Kier alpha value is -1.40. The average Bonchev–Trinajstić information content (AvgIpc) is 2.41. The Morgan fingerprint density at radius 3 is 2.79 bits per heavy atom. The second kappa shape index (κ2) is 6.16. The summed E-state index contributed by atoms with van der Waals surface area (Å²) >= 11 is 3.26. The van der Waals surface area contributed by atoms with Gasteiger partial charge in [-0.3, -0.25) is 4.79 Å². The Morgan fingerprint density at radius 2 is 2.21 bits per heavy atom. The summed E-state index contributed by atoms with van der Waals surface area (Å²) in [6.07, 6.45) is 1.70. The first-order chi connectivity index (χ1) is 9.08. The molecule has 0 aliphatic carbocycles. The topological polar surface area (TPSA) is 75.6 Å². The number of anilines is 1. The number of nitrogens with one attached hydrogen (secondary N) is 1. The van der Waals surface area contributed by atoms with Crippen LogP contribution in [-0.2, 0) is 9.53 Å². The lowest BCUT2D eigenvalue weighted by atomic mass is 10.0. The van der Waals surface area contributed by atoms with Crippen molar-refractivity contribution in [1.82, 2.24) is 0 Å². The molecule has 5 nitrogen and oxygen atoms in total. The van der Waals surface area contributed by atoms with Crippen molar-refractivity contribution in [3.63, 3.8) is 0 Å². The number of carboxylic acids is 1. The van der Waals surface area contributed by atoms with Crippen molar-refractivity contribution < 1.29 is 19.4 Å². The summed E-state index contributed by atoms with van der Waals surface area (Å²) in [5.74, 6) is -1.23. The predicted molar refractivity (Wildman–Crippen MR) is 73.3 cm³/mol. The highest BCUT2D eigenvalue weighted by molar-refractivity contribution is 9.10. The van der Waals surface area contributed by atoms with Gasteiger partial charge >= 0.3 is 5.97 Å². The predicted octanol–water partition coefficient (Wildman–Crippen LogP) is 2.51. The Morgan fingerprint density at radius 1 is 1.42 bits per heavy atom. The molecule has 0 bridgehead atoms. The van der Waals surface area contributed by atoms with Crippen LogP contribution in [0.4, 0.5) is 5.69 Å². The first-order valence-electron chi connectivity index (χ1n) is 5.99. The van der Waals surface area contributed by atoms with Crippen LogP contribution in [0.1, 0.15) is 23.2 Å². The first kappa shape index (κ1) is 14.0. The van der Waals surface area contributed by atoms with Gasteiger partial charge in [-0.25, -0.2) is 4.79 Å². The van der Waals surface area contributed by atoms with Crippen molar-refractivity contribution in [1.29, 1.82) is 0 Å². The molecule has 1 saturated heterocycles. The van der Waals surface area contributed by atoms with Gasteiger partial charge in [-0.15, -0.1) is 0 Å². The van der Waals surface area contributed by atoms with Gasteiger partial charge in [-0.05, 0) is 47.0 Å². The van der Waals surface area contributed by atoms with Crippen LogP contribution in [0.15, 0.2) is 22.7 Å². The van der Waals surface area contributed by atoms with Crippen molar-refractivity contribution in [2.24, 2.45) is 5.92 Å². The molecular formula is C13H14BrNO4. The lowest BCUT2D eigenvalue weighted by Crippen LogP contribution is -2.30. The Kier molecular flexibility index (Phi) is 4.55. The van der Waals surface area contributed by atoms with Crippen LogP contribution in [-0.4, -0.2) is 30.2 Å². The molecule has 1 amide bonds. The highest BCUT2D eigenvalue weighted by atomic mass is 79.9. The minimum atomic E-state index is -1.00. The third-order valence-electron chi connectivity index (χ3n) is 3.00. The van der Waals surface area contributed by atoms with E-state index in [1.807, 2.05) is 0 Å². The third kappa shape index (κ3) is 3.54. The number of rotatable bonds is 3. The third-order valence-corrected chi connectivity index (χ3v) is 3.66. The number of ether oxygens (including phenoxy) is 1. The van der Waals surface area contributed by atoms with Gasteiger partial charge in [0, 0.05) is 11.1 Å². The monoisotopic (exact) mass is 327 g/mol. The second-order valence-electron chi connectivity index (χ2n) is 4.40. The maximum atomic E-state index is 12.0. The highest BCUT2D eigenvalue weighted by Gasteiger charge is 2.22. The van der Waals surface area contributed by atoms with E-state index in [1.165, 1.54) is 12.1 Å². The van der Waals surface area contributed by atoms with E-state index in [4.69, 9.17) is 9.84 Å². The molecule has 0 spiro atoms. The van der Waals surface area contributed by atoms with E-state index in [-0.39, 0.29) is 17.4 Å². The van der Waals surface area contributed by atoms with Crippen LogP contribution >= 0.6 is 15.9 Å². The number of carbonyl (C=O) groups excluding carboxylic acids is 1. The number of amides is 1. The first-order valence-corrected chi connectivity index (χ1v) is 6.78. The molecule has 1 heterocycles. The molecular weight excluding hydrogens is 314 g/mol. The van der Waals surface area contributed by atoms with Gasteiger partial charge in [0.05, 0.1) is 23.8 Å². The van der Waals surface area contributed by atoms with Crippen LogP contribution < -0.4 is 5.32 Å². The van der Waals surface area contributed by atoms with Crippen molar-refractivity contribution >= 4 is 33.5 Å². The van der Waals surface area contributed by atoms with Gasteiger partial charge in [0.1, 0.15) is 0 Å². The minimum Gasteiger partial charge on any atom is -0.478 e. The largest absolute Gasteiger partial charge is 0.478 e. The summed E-state index contributed by atoms with van der Waals surface area (Å²) in [7, 11) is 0. The molecule has 0 saturated carbocycles. The lowest BCUT2D eigenvalue weighted by molar-refractivity contribution is -0.123. The number of carbonyl (C=O) groups is 2.